The zero-order valence-electron chi connectivity index (χ0n) is 21.9. The van der Waals surface area contributed by atoms with Gasteiger partial charge in [0.25, 0.3) is 5.34 Å². The second-order valence-corrected chi connectivity index (χ2v) is 11.0. The van der Waals surface area contributed by atoms with Gasteiger partial charge in [-0.25, -0.2) is 4.79 Å². The first kappa shape index (κ1) is 33.8. The molecule has 0 aliphatic heterocycles. The molecule has 0 fully saturated rings. The summed E-state index contributed by atoms with van der Waals surface area (Å²) in [7, 11) is -0.910. The lowest BCUT2D eigenvalue weighted by Crippen LogP contribution is -2.39. The highest BCUT2D eigenvalue weighted by atomic mass is 32.1. The zero-order chi connectivity index (χ0) is 25.7. The van der Waals surface area contributed by atoms with Crippen LogP contribution in [0.3, 0.4) is 0 Å². The van der Waals surface area contributed by atoms with Gasteiger partial charge in [0.05, 0.1) is 0 Å². The largest absolute Gasteiger partial charge is 0.478 e. The van der Waals surface area contributed by atoms with E-state index in [-0.39, 0.29) is 5.44 Å². The van der Waals surface area contributed by atoms with Crippen LogP contribution in [0, 0.1) is 5.92 Å². The summed E-state index contributed by atoms with van der Waals surface area (Å²) >= 11 is 4.63. The normalized spacial score (nSPS) is 16.3. The Morgan fingerprint density at radius 2 is 1.35 bits per heavy atom. The average molecular weight is 523 g/mol. The molecule has 0 saturated carbocycles. The van der Waals surface area contributed by atoms with E-state index < -0.39 is 32.7 Å². The molecule has 0 heterocycles. The van der Waals surface area contributed by atoms with Gasteiger partial charge in [-0.05, 0) is 18.8 Å². The van der Waals surface area contributed by atoms with Crippen LogP contribution in [0.1, 0.15) is 130 Å². The molecule has 0 amide bonds. The molecule has 4 unspecified atom stereocenters. The molecule has 0 spiro atoms. The maximum absolute atomic E-state index is 11.1. The number of carbonyl (C=O) groups is 1. The van der Waals surface area contributed by atoms with Gasteiger partial charge in [0, 0.05) is 0 Å². The van der Waals surface area contributed by atoms with Crippen LogP contribution in [0.5, 0.6) is 0 Å². The van der Waals surface area contributed by atoms with Crippen molar-refractivity contribution in [1.29, 1.82) is 0 Å². The Balaban J connectivity index is 4.48. The number of aliphatic carboxylic acids is 1. The van der Waals surface area contributed by atoms with Crippen molar-refractivity contribution in [2.45, 2.75) is 147 Å². The first-order valence-electron chi connectivity index (χ1n) is 13.6. The number of carboxylic acids is 1. The highest BCUT2D eigenvalue weighted by molar-refractivity contribution is 7.80. The summed E-state index contributed by atoms with van der Waals surface area (Å²) in [4.78, 5) is 11.1. The lowest BCUT2D eigenvalue weighted by atomic mass is 9.91. The predicted octanol–water partition coefficient (Wildman–Crippen LogP) is 7.97. The minimum Gasteiger partial charge on any atom is -0.478 e. The Labute approximate surface area is 215 Å². The molecule has 0 aromatic carbocycles. The molecule has 8 heteroatoms. The summed E-state index contributed by atoms with van der Waals surface area (Å²) < 4.78 is 22.4. The van der Waals surface area contributed by atoms with E-state index in [9.17, 15) is 14.5 Å². The number of unbranched alkanes of at least 4 members (excludes halogenated alkanes) is 11. The first-order valence-corrected chi connectivity index (χ1v) is 14.9. The molecular weight excluding hydrogens is 471 g/mol. The predicted molar refractivity (Wildman–Crippen MR) is 143 cm³/mol. The maximum Gasteiger partial charge on any atom is 0.350 e. The average Bonchev–Trinajstić information content (AvgIpc) is 2.82. The Hall–Kier alpha value is -0.200. The monoisotopic (exact) mass is 522 g/mol. The van der Waals surface area contributed by atoms with Crippen molar-refractivity contribution in [2.75, 3.05) is 6.61 Å². The summed E-state index contributed by atoms with van der Waals surface area (Å²) in [6.45, 7) is 5.72. The van der Waals surface area contributed by atoms with Gasteiger partial charge in [0.2, 0.25) is 8.46 Å². The number of hydrogen-bond donors (Lipinski definition) is 3. The molecule has 0 aromatic heterocycles. The molecule has 4 atom stereocenters. The van der Waals surface area contributed by atoms with E-state index in [0.29, 0.717) is 12.3 Å². The summed E-state index contributed by atoms with van der Waals surface area (Å²) in [6.07, 6.45) is 19.8. The summed E-state index contributed by atoms with van der Waals surface area (Å²) in [5.41, 5.74) is -0.331. The van der Waals surface area contributed by atoms with E-state index in [1.165, 1.54) is 96.3 Å². The van der Waals surface area contributed by atoms with Gasteiger partial charge < -0.3 is 19.7 Å². The molecule has 0 saturated heterocycles. The molecule has 0 aromatic rings. The van der Waals surface area contributed by atoms with Crippen LogP contribution in [-0.2, 0) is 18.8 Å². The summed E-state index contributed by atoms with van der Waals surface area (Å²) in [5.74, 6) is -1.05. The van der Waals surface area contributed by atoms with Gasteiger partial charge in [0.15, 0.2) is 6.29 Å². The number of thiol groups is 1. The molecule has 0 bridgehead atoms. The van der Waals surface area contributed by atoms with Crippen molar-refractivity contribution in [2.24, 2.45) is 5.92 Å². The molecule has 0 aliphatic rings. The Bertz CT molecular complexity index is 510. The highest BCUT2D eigenvalue weighted by Crippen LogP contribution is 2.27. The van der Waals surface area contributed by atoms with Crippen LogP contribution in [0.4, 0.5) is 0 Å². The fourth-order valence-corrected chi connectivity index (χ4v) is 4.73. The third-order valence-corrected chi connectivity index (χ3v) is 7.28. The van der Waals surface area contributed by atoms with E-state index >= 15 is 0 Å². The lowest BCUT2D eigenvalue weighted by Gasteiger charge is -2.26. The van der Waals surface area contributed by atoms with Crippen LogP contribution < -0.4 is 0 Å². The smallest absolute Gasteiger partial charge is 0.350 e. The van der Waals surface area contributed by atoms with E-state index in [4.69, 9.17) is 14.6 Å². The second kappa shape index (κ2) is 22.0. The molecule has 0 aliphatic carbocycles. The zero-order valence-corrected chi connectivity index (χ0v) is 23.7. The quantitative estimate of drug-likeness (QED) is 0.0487. The van der Waals surface area contributed by atoms with Gasteiger partial charge in [-0.1, -0.05) is 117 Å². The lowest BCUT2D eigenvalue weighted by molar-refractivity contribution is -0.183. The number of aliphatic hydroxyl groups is 1. The van der Waals surface area contributed by atoms with Crippen molar-refractivity contribution in [3.63, 3.8) is 0 Å². The molecular formula is C26H51O6PS. The molecule has 202 valence electrons. The summed E-state index contributed by atoms with van der Waals surface area (Å²) in [5, 5.41) is 16.4. The van der Waals surface area contributed by atoms with Crippen LogP contribution in [0.15, 0.2) is 0 Å². The van der Waals surface area contributed by atoms with Crippen LogP contribution >= 0.6 is 21.1 Å². The van der Waals surface area contributed by atoms with E-state index in [1.807, 2.05) is 6.92 Å². The number of hydrogen-bond acceptors (Lipinski definition) is 6. The topological polar surface area (TPSA) is 93.1 Å². The number of rotatable bonds is 25. The third kappa shape index (κ3) is 17.3. The fourth-order valence-electron chi connectivity index (χ4n) is 4.09. The third-order valence-electron chi connectivity index (χ3n) is 6.32. The van der Waals surface area contributed by atoms with E-state index in [2.05, 4.69) is 26.5 Å². The van der Waals surface area contributed by atoms with E-state index in [0.717, 1.165) is 6.42 Å². The Morgan fingerprint density at radius 3 is 1.79 bits per heavy atom. The van der Waals surface area contributed by atoms with Gasteiger partial charge in [-0.3, -0.25) is 4.57 Å². The minimum absolute atomic E-state index is 0.331. The highest BCUT2D eigenvalue weighted by Gasteiger charge is 2.39. The fraction of sp³-hybridized carbons (Fsp3) is 0.962. The van der Waals surface area contributed by atoms with Crippen molar-refractivity contribution < 1.29 is 29.0 Å². The maximum atomic E-state index is 11.1. The van der Waals surface area contributed by atoms with Gasteiger partial charge in [-0.15, -0.1) is 12.6 Å². The van der Waals surface area contributed by atoms with Gasteiger partial charge >= 0.3 is 5.97 Å². The number of carboxylic acid groups (broad SMARTS) is 1. The van der Waals surface area contributed by atoms with Gasteiger partial charge in [-0.2, -0.15) is 0 Å². The number of ether oxygens (including phenoxy) is 2. The van der Waals surface area contributed by atoms with Crippen molar-refractivity contribution in [3.05, 3.63) is 0 Å². The van der Waals surface area contributed by atoms with Crippen molar-refractivity contribution in [3.8, 4) is 0 Å². The summed E-state index contributed by atoms with van der Waals surface area (Å²) in [6, 6.07) is 0. The molecule has 2 N–H and O–H groups in total. The minimum atomic E-state index is -2.46. The first-order chi connectivity index (χ1) is 16.3. The molecule has 0 radical (unpaired) electrons. The van der Waals surface area contributed by atoms with E-state index in [1.54, 1.807) is 0 Å². The Kier molecular flexibility index (Phi) is 21.9. The van der Waals surface area contributed by atoms with Crippen molar-refractivity contribution in [1.82, 2.24) is 0 Å². The molecule has 34 heavy (non-hydrogen) atoms. The van der Waals surface area contributed by atoms with Crippen molar-refractivity contribution >= 4 is 27.1 Å². The van der Waals surface area contributed by atoms with Gasteiger partial charge in [0.1, 0.15) is 12.0 Å². The SMILES string of the molecule is CCCCCCCCCCCC(CCCCCC)CC(S)OC(CC)OCC(O)(P=O)C(=O)O. The van der Waals surface area contributed by atoms with Crippen LogP contribution in [0.2, 0.25) is 0 Å². The standard InChI is InChI=1S/C26H51O6PS/c1-4-7-9-11-12-13-14-15-17-19-22(18-16-10-8-5-2)20-24(34)32-23(6-3)31-21-26(29,33-30)25(27)28/h22-24,29,34H,4-21H2,1-3H3,(H,27,28). The van der Waals surface area contributed by atoms with Crippen LogP contribution in [0.25, 0.3) is 0 Å². The molecule has 6 nitrogen and oxygen atoms in total. The van der Waals surface area contributed by atoms with Crippen LogP contribution in [-0.4, -0.2) is 39.9 Å². The Morgan fingerprint density at radius 1 is 0.882 bits per heavy atom. The molecule has 0 rings (SSSR count). The second-order valence-electron chi connectivity index (χ2n) is 9.52.